The van der Waals surface area contributed by atoms with E-state index in [4.69, 9.17) is 0 Å². The maximum absolute atomic E-state index is 12.6. The lowest BCUT2D eigenvalue weighted by Gasteiger charge is -2.49. The largest absolute Gasteiger partial charge is 0.334 e. The number of carbonyl (C=O) groups excluding carboxylic acids is 1. The van der Waals surface area contributed by atoms with Gasteiger partial charge in [0.1, 0.15) is 0 Å². The van der Waals surface area contributed by atoms with E-state index in [-0.39, 0.29) is 30.7 Å². The molecule has 10 heteroatoms. The Hall–Kier alpha value is -0.930. The smallest absolute Gasteiger partial charge is 0.276 e. The number of carbonyl (C=O) groups is 1. The molecular formula is C18H33Cl2N7O. The molecular weight excluding hydrogens is 401 g/mol. The van der Waals surface area contributed by atoms with Gasteiger partial charge in [0.15, 0.2) is 5.69 Å². The molecule has 4 heterocycles. The first-order valence-corrected chi connectivity index (χ1v) is 10.1. The summed E-state index contributed by atoms with van der Waals surface area (Å²) in [6.45, 7) is 11.1. The van der Waals surface area contributed by atoms with Gasteiger partial charge >= 0.3 is 0 Å². The van der Waals surface area contributed by atoms with Crippen molar-refractivity contribution in [3.8, 4) is 0 Å². The van der Waals surface area contributed by atoms with Gasteiger partial charge in [-0.1, -0.05) is 11.6 Å². The minimum absolute atomic E-state index is 0. The number of hydrogen-bond acceptors (Lipinski definition) is 6. The Morgan fingerprint density at radius 1 is 1.14 bits per heavy atom. The van der Waals surface area contributed by atoms with Crippen molar-refractivity contribution >= 4 is 30.7 Å². The van der Waals surface area contributed by atoms with E-state index in [1.807, 2.05) is 4.90 Å². The maximum atomic E-state index is 12.6. The molecule has 3 aliphatic heterocycles. The quantitative estimate of drug-likeness (QED) is 0.737. The third kappa shape index (κ3) is 5.36. The fourth-order valence-corrected chi connectivity index (χ4v) is 4.34. The minimum Gasteiger partial charge on any atom is -0.334 e. The first-order chi connectivity index (χ1) is 12.7. The molecule has 0 aliphatic carbocycles. The predicted octanol–water partition coefficient (Wildman–Crippen LogP) is 0.726. The fourth-order valence-electron chi connectivity index (χ4n) is 4.34. The van der Waals surface area contributed by atoms with Crippen LogP contribution in [0.2, 0.25) is 0 Å². The lowest BCUT2D eigenvalue weighted by molar-refractivity contribution is 0.00180. The molecule has 1 N–H and O–H groups in total. The summed E-state index contributed by atoms with van der Waals surface area (Å²) in [6.07, 6.45) is 5.72. The summed E-state index contributed by atoms with van der Waals surface area (Å²) >= 11 is 0. The molecule has 1 atom stereocenters. The average molecular weight is 434 g/mol. The van der Waals surface area contributed by atoms with Gasteiger partial charge in [0.25, 0.3) is 5.91 Å². The van der Waals surface area contributed by atoms with Crippen molar-refractivity contribution < 1.29 is 4.79 Å². The van der Waals surface area contributed by atoms with Gasteiger partial charge in [-0.05, 0) is 26.3 Å². The van der Waals surface area contributed by atoms with Crippen LogP contribution in [0.25, 0.3) is 0 Å². The number of piperazine rings is 1. The van der Waals surface area contributed by atoms with Crippen LogP contribution in [0.1, 0.15) is 36.7 Å². The molecule has 0 spiro atoms. The zero-order chi connectivity index (χ0) is 17.9. The first kappa shape index (κ1) is 23.3. The molecule has 0 saturated carbocycles. The summed E-state index contributed by atoms with van der Waals surface area (Å²) in [6, 6.07) is 1.17. The lowest BCUT2D eigenvalue weighted by Crippen LogP contribution is -2.63. The number of halogens is 2. The molecule has 4 rings (SSSR count). The van der Waals surface area contributed by atoms with E-state index in [2.05, 4.69) is 32.4 Å². The standard InChI is InChI=1S/C18H31N7O.2ClH/c1-15-4-2-3-7-25(15)16-12-23(13-16)18(26)17-14-24(21-20-17)11-10-22-8-5-19-6-9-22;;/h14-16,19H,2-13H2,1H3;2*1H. The second kappa shape index (κ2) is 10.7. The number of nitrogens with zero attached hydrogens (tertiary/aromatic N) is 6. The Labute approximate surface area is 179 Å². The number of amides is 1. The van der Waals surface area contributed by atoms with Crippen LogP contribution in [0.3, 0.4) is 0 Å². The zero-order valence-electron chi connectivity index (χ0n) is 16.6. The van der Waals surface area contributed by atoms with Gasteiger partial charge < -0.3 is 10.2 Å². The van der Waals surface area contributed by atoms with Crippen molar-refractivity contribution in [2.45, 2.75) is 44.8 Å². The molecule has 0 aromatic carbocycles. The van der Waals surface area contributed by atoms with Gasteiger partial charge in [-0.3, -0.25) is 19.3 Å². The van der Waals surface area contributed by atoms with Gasteiger partial charge in [0.2, 0.25) is 0 Å². The van der Waals surface area contributed by atoms with Gasteiger partial charge in [-0.25, -0.2) is 0 Å². The highest BCUT2D eigenvalue weighted by Crippen LogP contribution is 2.25. The zero-order valence-corrected chi connectivity index (χ0v) is 18.3. The highest BCUT2D eigenvalue weighted by Gasteiger charge is 2.38. The third-order valence-corrected chi connectivity index (χ3v) is 6.09. The van der Waals surface area contributed by atoms with Crippen LogP contribution in [0.4, 0.5) is 0 Å². The Kier molecular flexibility index (Phi) is 8.95. The van der Waals surface area contributed by atoms with Crippen LogP contribution in [0, 0.1) is 0 Å². The van der Waals surface area contributed by atoms with Crippen molar-refractivity contribution in [1.29, 1.82) is 0 Å². The molecule has 3 aliphatic rings. The Balaban J connectivity index is 0.00000140. The molecule has 1 aromatic heterocycles. The molecule has 8 nitrogen and oxygen atoms in total. The van der Waals surface area contributed by atoms with E-state index in [9.17, 15) is 4.79 Å². The van der Waals surface area contributed by atoms with Crippen LogP contribution in [-0.2, 0) is 6.54 Å². The number of likely N-dealkylation sites (tertiary alicyclic amines) is 2. The third-order valence-electron chi connectivity index (χ3n) is 6.09. The van der Waals surface area contributed by atoms with Crippen LogP contribution in [0.5, 0.6) is 0 Å². The van der Waals surface area contributed by atoms with Crippen LogP contribution in [-0.4, -0.2) is 100 Å². The van der Waals surface area contributed by atoms with E-state index in [1.54, 1.807) is 10.9 Å². The SMILES string of the molecule is CC1CCCCN1C1CN(C(=O)c2cn(CCN3CCNCC3)nn2)C1.Cl.Cl. The molecule has 3 saturated heterocycles. The molecule has 0 radical (unpaired) electrons. The van der Waals surface area contributed by atoms with E-state index in [0.29, 0.717) is 17.8 Å². The summed E-state index contributed by atoms with van der Waals surface area (Å²) in [4.78, 5) is 19.5. The number of hydrogen-bond donors (Lipinski definition) is 1. The van der Waals surface area contributed by atoms with Crippen LogP contribution in [0.15, 0.2) is 6.20 Å². The van der Waals surface area contributed by atoms with Gasteiger partial charge in [-0.15, -0.1) is 29.9 Å². The molecule has 28 heavy (non-hydrogen) atoms. The monoisotopic (exact) mass is 433 g/mol. The summed E-state index contributed by atoms with van der Waals surface area (Å²) in [7, 11) is 0. The van der Waals surface area contributed by atoms with Gasteiger partial charge in [0.05, 0.1) is 12.7 Å². The topological polar surface area (TPSA) is 69.5 Å². The number of piperidine rings is 1. The molecule has 1 amide bonds. The van der Waals surface area contributed by atoms with Gasteiger partial charge in [0, 0.05) is 57.9 Å². The van der Waals surface area contributed by atoms with Crippen molar-refractivity contribution in [1.82, 2.24) is 35.0 Å². The second-order valence-corrected chi connectivity index (χ2v) is 7.91. The average Bonchev–Trinajstić information content (AvgIpc) is 3.10. The van der Waals surface area contributed by atoms with E-state index in [1.165, 1.54) is 25.8 Å². The number of nitrogens with one attached hydrogen (secondary N) is 1. The fraction of sp³-hybridized carbons (Fsp3) is 0.833. The summed E-state index contributed by atoms with van der Waals surface area (Å²) in [5, 5.41) is 11.6. The van der Waals surface area contributed by atoms with E-state index in [0.717, 1.165) is 52.4 Å². The number of aromatic nitrogens is 3. The highest BCUT2D eigenvalue weighted by atomic mass is 35.5. The van der Waals surface area contributed by atoms with E-state index < -0.39 is 0 Å². The summed E-state index contributed by atoms with van der Waals surface area (Å²) < 4.78 is 1.80. The summed E-state index contributed by atoms with van der Waals surface area (Å²) in [5.41, 5.74) is 0.482. The molecule has 0 bridgehead atoms. The Bertz CT molecular complexity index is 617. The highest BCUT2D eigenvalue weighted by molar-refractivity contribution is 5.92. The number of rotatable bonds is 5. The minimum atomic E-state index is 0. The van der Waals surface area contributed by atoms with Gasteiger partial charge in [-0.2, -0.15) is 0 Å². The molecule has 160 valence electrons. The van der Waals surface area contributed by atoms with Crippen molar-refractivity contribution in [2.24, 2.45) is 0 Å². The Morgan fingerprint density at radius 3 is 2.61 bits per heavy atom. The molecule has 1 aromatic rings. The molecule has 3 fully saturated rings. The molecule has 1 unspecified atom stereocenters. The second-order valence-electron chi connectivity index (χ2n) is 7.91. The van der Waals surface area contributed by atoms with Crippen LogP contribution >= 0.6 is 24.8 Å². The van der Waals surface area contributed by atoms with Crippen molar-refractivity contribution in [2.75, 3.05) is 52.4 Å². The predicted molar refractivity (Wildman–Crippen MR) is 114 cm³/mol. The van der Waals surface area contributed by atoms with E-state index >= 15 is 0 Å². The van der Waals surface area contributed by atoms with Crippen molar-refractivity contribution in [3.05, 3.63) is 11.9 Å². The van der Waals surface area contributed by atoms with Crippen LogP contribution < -0.4 is 5.32 Å². The first-order valence-electron chi connectivity index (χ1n) is 10.1. The van der Waals surface area contributed by atoms with Crippen molar-refractivity contribution in [3.63, 3.8) is 0 Å². The Morgan fingerprint density at radius 2 is 1.89 bits per heavy atom. The maximum Gasteiger partial charge on any atom is 0.276 e. The normalized spacial score (nSPS) is 24.2. The summed E-state index contributed by atoms with van der Waals surface area (Å²) in [5.74, 6) is 0.0272. The lowest BCUT2D eigenvalue weighted by atomic mass is 9.97.